The van der Waals surface area contributed by atoms with E-state index in [1.165, 1.54) is 7.11 Å². The highest BCUT2D eigenvalue weighted by molar-refractivity contribution is 5.89. The Kier molecular flexibility index (Phi) is 8.62. The first-order valence-electron chi connectivity index (χ1n) is 9.50. The van der Waals surface area contributed by atoms with Gasteiger partial charge < -0.3 is 20.1 Å². The number of hydrogen-bond acceptors (Lipinski definition) is 5. The maximum absolute atomic E-state index is 12.3. The third-order valence-corrected chi connectivity index (χ3v) is 4.43. The summed E-state index contributed by atoms with van der Waals surface area (Å²) in [6.45, 7) is 1.89. The van der Waals surface area contributed by atoms with Crippen LogP contribution in [-0.4, -0.2) is 32.1 Å². The molecule has 2 aromatic carbocycles. The Hall–Kier alpha value is -3.61. The summed E-state index contributed by atoms with van der Waals surface area (Å²) >= 11 is 0. The van der Waals surface area contributed by atoms with Crippen molar-refractivity contribution in [2.45, 2.75) is 19.6 Å². The lowest BCUT2D eigenvalue weighted by molar-refractivity contribution is -0.122. The second-order valence-electron chi connectivity index (χ2n) is 6.59. The van der Waals surface area contributed by atoms with E-state index < -0.39 is 18.1 Å². The van der Waals surface area contributed by atoms with Crippen molar-refractivity contribution in [3.8, 4) is 0 Å². The largest absolute Gasteiger partial charge is 0.465 e. The zero-order valence-electron chi connectivity index (χ0n) is 17.3. The zero-order chi connectivity index (χ0) is 21.9. The zero-order valence-corrected chi connectivity index (χ0v) is 17.3. The van der Waals surface area contributed by atoms with Crippen molar-refractivity contribution in [1.29, 1.82) is 0 Å². The highest BCUT2D eigenvalue weighted by Gasteiger charge is 2.16. The first-order chi connectivity index (χ1) is 14.4. The summed E-state index contributed by atoms with van der Waals surface area (Å²) in [6.07, 6.45) is 2.82. The summed E-state index contributed by atoms with van der Waals surface area (Å²) in [5, 5.41) is 5.36. The molecule has 0 aromatic heterocycles. The molecule has 0 spiro atoms. The van der Waals surface area contributed by atoms with Gasteiger partial charge in [-0.2, -0.15) is 0 Å². The Morgan fingerprint density at radius 2 is 1.67 bits per heavy atom. The molecule has 2 atom stereocenters. The summed E-state index contributed by atoms with van der Waals surface area (Å²) in [6, 6.07) is 15.4. The van der Waals surface area contributed by atoms with Gasteiger partial charge in [-0.25, -0.2) is 9.59 Å². The van der Waals surface area contributed by atoms with E-state index in [2.05, 4.69) is 10.6 Å². The lowest BCUT2D eigenvalue weighted by atomic mass is 10.0. The van der Waals surface area contributed by atoms with Crippen LogP contribution >= 0.6 is 0 Å². The van der Waals surface area contributed by atoms with Crippen molar-refractivity contribution in [3.63, 3.8) is 0 Å². The average Bonchev–Trinajstić information content (AvgIpc) is 2.79. The standard InChI is InChI=1S/C23H26N2O5/c1-16(21(26)24-2)9-14-20(18-10-12-19(13-11-18)22(27)29-3)25-23(28)30-15-17-7-5-4-6-8-17/h4-14,16,20H,15H2,1-3H3,(H,24,26)(H,25,28)/b14-9+/t16-,20?/m1/s1. The first kappa shape index (κ1) is 22.7. The smallest absolute Gasteiger partial charge is 0.408 e. The predicted octanol–water partition coefficient (Wildman–Crippen LogP) is 3.38. The molecule has 0 aliphatic carbocycles. The number of hydrogen-bond donors (Lipinski definition) is 2. The van der Waals surface area contributed by atoms with Crippen molar-refractivity contribution in [2.24, 2.45) is 5.92 Å². The maximum Gasteiger partial charge on any atom is 0.408 e. The van der Waals surface area contributed by atoms with Crippen LogP contribution in [0.15, 0.2) is 66.7 Å². The topological polar surface area (TPSA) is 93.7 Å². The fourth-order valence-electron chi connectivity index (χ4n) is 2.67. The van der Waals surface area contributed by atoms with Gasteiger partial charge in [0.25, 0.3) is 0 Å². The van der Waals surface area contributed by atoms with Crippen LogP contribution in [0.2, 0.25) is 0 Å². The molecule has 158 valence electrons. The van der Waals surface area contributed by atoms with E-state index in [1.54, 1.807) is 50.4 Å². The molecule has 0 aliphatic rings. The van der Waals surface area contributed by atoms with Crippen LogP contribution in [-0.2, 0) is 20.9 Å². The van der Waals surface area contributed by atoms with Gasteiger partial charge in [0.1, 0.15) is 6.61 Å². The Bertz CT molecular complexity index is 878. The van der Waals surface area contributed by atoms with Gasteiger partial charge in [0.05, 0.1) is 24.6 Å². The number of amides is 2. The van der Waals surface area contributed by atoms with Crippen LogP contribution in [0.25, 0.3) is 0 Å². The van der Waals surface area contributed by atoms with Crippen molar-refractivity contribution in [3.05, 3.63) is 83.4 Å². The molecule has 2 N–H and O–H groups in total. The van der Waals surface area contributed by atoms with E-state index in [0.717, 1.165) is 11.1 Å². The molecule has 0 heterocycles. The average molecular weight is 410 g/mol. The SMILES string of the molecule is CNC(=O)[C@H](C)/C=C/C(NC(=O)OCc1ccccc1)c1ccc(C(=O)OC)cc1. The fourth-order valence-corrected chi connectivity index (χ4v) is 2.67. The molecule has 0 saturated carbocycles. The molecule has 2 amide bonds. The number of alkyl carbamates (subject to hydrolysis) is 1. The number of ether oxygens (including phenoxy) is 2. The fraction of sp³-hybridized carbons (Fsp3) is 0.261. The molecular formula is C23H26N2O5. The van der Waals surface area contributed by atoms with E-state index in [9.17, 15) is 14.4 Å². The van der Waals surface area contributed by atoms with Gasteiger partial charge in [-0.1, -0.05) is 61.5 Å². The summed E-state index contributed by atoms with van der Waals surface area (Å²) < 4.78 is 10.0. The van der Waals surface area contributed by atoms with Crippen LogP contribution < -0.4 is 10.6 Å². The Labute approximate surface area is 176 Å². The molecule has 0 bridgehead atoms. The first-order valence-corrected chi connectivity index (χ1v) is 9.50. The van der Waals surface area contributed by atoms with Crippen LogP contribution in [0, 0.1) is 5.92 Å². The quantitative estimate of drug-likeness (QED) is 0.514. The number of benzene rings is 2. The molecule has 7 heteroatoms. The Morgan fingerprint density at radius 3 is 2.27 bits per heavy atom. The van der Waals surface area contributed by atoms with Crippen molar-refractivity contribution >= 4 is 18.0 Å². The van der Waals surface area contributed by atoms with Crippen LogP contribution in [0.4, 0.5) is 4.79 Å². The van der Waals surface area contributed by atoms with Crippen molar-refractivity contribution in [1.82, 2.24) is 10.6 Å². The van der Waals surface area contributed by atoms with Crippen LogP contribution in [0.5, 0.6) is 0 Å². The molecule has 0 fully saturated rings. The summed E-state index contributed by atoms with van der Waals surface area (Å²) in [4.78, 5) is 35.7. The second kappa shape index (κ2) is 11.4. The molecule has 0 radical (unpaired) electrons. The molecular weight excluding hydrogens is 384 g/mol. The number of methoxy groups -OCH3 is 1. The Balaban J connectivity index is 2.13. The number of esters is 1. The van der Waals surface area contributed by atoms with Crippen molar-refractivity contribution < 1.29 is 23.9 Å². The van der Waals surface area contributed by atoms with E-state index in [0.29, 0.717) is 5.56 Å². The van der Waals surface area contributed by atoms with Gasteiger partial charge in [0.15, 0.2) is 0 Å². The summed E-state index contributed by atoms with van der Waals surface area (Å²) in [5.41, 5.74) is 1.99. The highest BCUT2D eigenvalue weighted by atomic mass is 16.5. The summed E-state index contributed by atoms with van der Waals surface area (Å²) in [7, 11) is 2.88. The minimum atomic E-state index is -0.599. The molecule has 2 aromatic rings. The number of rotatable bonds is 8. The van der Waals surface area contributed by atoms with Crippen LogP contribution in [0.3, 0.4) is 0 Å². The number of carbonyl (C=O) groups excluding carboxylic acids is 3. The second-order valence-corrected chi connectivity index (χ2v) is 6.59. The molecule has 7 nitrogen and oxygen atoms in total. The van der Waals surface area contributed by atoms with Gasteiger partial charge in [0, 0.05) is 7.05 Å². The highest BCUT2D eigenvalue weighted by Crippen LogP contribution is 2.18. The van der Waals surface area contributed by atoms with Crippen molar-refractivity contribution in [2.75, 3.05) is 14.2 Å². The van der Waals surface area contributed by atoms with E-state index in [-0.39, 0.29) is 18.4 Å². The predicted molar refractivity (Wildman–Crippen MR) is 113 cm³/mol. The van der Waals surface area contributed by atoms with E-state index >= 15 is 0 Å². The number of carbonyl (C=O) groups is 3. The molecule has 30 heavy (non-hydrogen) atoms. The van der Waals surface area contributed by atoms with E-state index in [1.807, 2.05) is 30.3 Å². The molecule has 0 saturated heterocycles. The normalized spacial score (nSPS) is 12.6. The van der Waals surface area contributed by atoms with Gasteiger partial charge in [-0.3, -0.25) is 4.79 Å². The van der Waals surface area contributed by atoms with E-state index in [4.69, 9.17) is 9.47 Å². The maximum atomic E-state index is 12.3. The van der Waals surface area contributed by atoms with Gasteiger partial charge in [-0.15, -0.1) is 0 Å². The van der Waals surface area contributed by atoms with Gasteiger partial charge in [0.2, 0.25) is 5.91 Å². The third-order valence-electron chi connectivity index (χ3n) is 4.43. The summed E-state index contributed by atoms with van der Waals surface area (Å²) in [5.74, 6) is -0.969. The minimum Gasteiger partial charge on any atom is -0.465 e. The lowest BCUT2D eigenvalue weighted by Crippen LogP contribution is -2.29. The monoisotopic (exact) mass is 410 g/mol. The van der Waals surface area contributed by atoms with Gasteiger partial charge in [-0.05, 0) is 23.3 Å². The lowest BCUT2D eigenvalue weighted by Gasteiger charge is -2.17. The molecule has 1 unspecified atom stereocenters. The van der Waals surface area contributed by atoms with Gasteiger partial charge >= 0.3 is 12.1 Å². The molecule has 0 aliphatic heterocycles. The number of nitrogens with one attached hydrogen (secondary N) is 2. The molecule has 2 rings (SSSR count). The third kappa shape index (κ3) is 6.77. The Morgan fingerprint density at radius 1 is 1.00 bits per heavy atom. The minimum absolute atomic E-state index is 0.138. The van der Waals surface area contributed by atoms with Crippen LogP contribution in [0.1, 0.15) is 34.5 Å².